The lowest BCUT2D eigenvalue weighted by molar-refractivity contribution is -0.119. The van der Waals surface area contributed by atoms with Crippen molar-refractivity contribution < 1.29 is 9.59 Å². The van der Waals surface area contributed by atoms with Crippen molar-refractivity contribution in [2.75, 3.05) is 11.9 Å². The molecule has 0 spiro atoms. The van der Waals surface area contributed by atoms with E-state index in [0.29, 0.717) is 17.8 Å². The van der Waals surface area contributed by atoms with Gasteiger partial charge in [-0.3, -0.25) is 9.59 Å². The number of carbonyl (C=O) groups is 2. The van der Waals surface area contributed by atoms with Crippen molar-refractivity contribution in [2.24, 2.45) is 0 Å². The van der Waals surface area contributed by atoms with Crippen LogP contribution in [0.5, 0.6) is 0 Å². The van der Waals surface area contributed by atoms with E-state index >= 15 is 0 Å². The molecule has 1 aromatic heterocycles. The number of rotatable bonds is 3. The lowest BCUT2D eigenvalue weighted by atomic mass is 10.1. The van der Waals surface area contributed by atoms with Crippen molar-refractivity contribution in [2.45, 2.75) is 32.7 Å². The summed E-state index contributed by atoms with van der Waals surface area (Å²) in [6.45, 7) is 4.60. The molecule has 1 saturated heterocycles. The molecule has 1 aromatic carbocycles. The van der Waals surface area contributed by atoms with Crippen molar-refractivity contribution in [3.63, 3.8) is 0 Å². The third kappa shape index (κ3) is 3.15. The van der Waals surface area contributed by atoms with Gasteiger partial charge in [0.25, 0.3) is 5.91 Å². The Labute approximate surface area is 140 Å². The summed E-state index contributed by atoms with van der Waals surface area (Å²) in [5.74, 6) is -0.135. The second-order valence-electron chi connectivity index (χ2n) is 5.89. The van der Waals surface area contributed by atoms with Crippen molar-refractivity contribution in [1.82, 2.24) is 4.90 Å². The second kappa shape index (κ2) is 6.54. The molecule has 1 N–H and O–H groups in total. The number of nitrogens with zero attached hydrogens (tertiary/aromatic N) is 1. The van der Waals surface area contributed by atoms with Gasteiger partial charge in [-0.2, -0.15) is 0 Å². The molecule has 0 aliphatic carbocycles. The number of thiophene rings is 1. The summed E-state index contributed by atoms with van der Waals surface area (Å²) in [6, 6.07) is 9.22. The molecule has 4 nitrogen and oxygen atoms in total. The van der Waals surface area contributed by atoms with E-state index in [4.69, 9.17) is 0 Å². The zero-order valence-corrected chi connectivity index (χ0v) is 14.2. The van der Waals surface area contributed by atoms with Crippen molar-refractivity contribution in [1.29, 1.82) is 0 Å². The van der Waals surface area contributed by atoms with Gasteiger partial charge in [0.15, 0.2) is 0 Å². The first kappa shape index (κ1) is 15.7. The van der Waals surface area contributed by atoms with Gasteiger partial charge in [-0.15, -0.1) is 11.3 Å². The van der Waals surface area contributed by atoms with E-state index in [9.17, 15) is 9.59 Å². The van der Waals surface area contributed by atoms with Gasteiger partial charge >= 0.3 is 0 Å². The third-order valence-corrected chi connectivity index (χ3v) is 5.14. The van der Waals surface area contributed by atoms with Crippen LogP contribution in [0.1, 0.15) is 33.6 Å². The van der Waals surface area contributed by atoms with Crippen LogP contribution in [-0.2, 0) is 4.79 Å². The SMILES string of the molecule is Cc1cccc(C)c1NC(=O)[C@@H]1CCCN1C(=O)c1cccs1. The maximum absolute atomic E-state index is 12.7. The van der Waals surface area contributed by atoms with Crippen LogP contribution >= 0.6 is 11.3 Å². The lowest BCUT2D eigenvalue weighted by Gasteiger charge is -2.24. The Hall–Kier alpha value is -2.14. The summed E-state index contributed by atoms with van der Waals surface area (Å²) >= 11 is 1.42. The van der Waals surface area contributed by atoms with Crippen LogP contribution in [0.4, 0.5) is 5.69 Å². The summed E-state index contributed by atoms with van der Waals surface area (Å²) < 4.78 is 0. The Morgan fingerprint density at radius 2 is 1.91 bits per heavy atom. The zero-order valence-electron chi connectivity index (χ0n) is 13.3. The topological polar surface area (TPSA) is 49.4 Å². The highest BCUT2D eigenvalue weighted by molar-refractivity contribution is 7.12. The Morgan fingerprint density at radius 3 is 2.57 bits per heavy atom. The fourth-order valence-electron chi connectivity index (χ4n) is 3.04. The largest absolute Gasteiger partial charge is 0.326 e. The van der Waals surface area contributed by atoms with Gasteiger partial charge < -0.3 is 10.2 Å². The zero-order chi connectivity index (χ0) is 16.4. The van der Waals surface area contributed by atoms with E-state index in [1.165, 1.54) is 11.3 Å². The predicted molar refractivity (Wildman–Crippen MR) is 92.9 cm³/mol. The third-order valence-electron chi connectivity index (χ3n) is 4.28. The molecule has 2 heterocycles. The Balaban J connectivity index is 1.77. The minimum absolute atomic E-state index is 0.0424. The maximum Gasteiger partial charge on any atom is 0.264 e. The second-order valence-corrected chi connectivity index (χ2v) is 6.84. The van der Waals surface area contributed by atoms with Crippen molar-refractivity contribution >= 4 is 28.8 Å². The van der Waals surface area contributed by atoms with Crippen LogP contribution in [0.15, 0.2) is 35.7 Å². The number of nitrogens with one attached hydrogen (secondary N) is 1. The number of amides is 2. The summed E-state index contributed by atoms with van der Waals surface area (Å²) in [6.07, 6.45) is 1.58. The van der Waals surface area contributed by atoms with Crippen LogP contribution < -0.4 is 5.32 Å². The van der Waals surface area contributed by atoms with Crippen LogP contribution in [0.25, 0.3) is 0 Å². The maximum atomic E-state index is 12.7. The highest BCUT2D eigenvalue weighted by atomic mass is 32.1. The molecule has 3 rings (SSSR count). The molecule has 120 valence electrons. The molecular formula is C18H20N2O2S. The lowest BCUT2D eigenvalue weighted by Crippen LogP contribution is -2.43. The Bertz CT molecular complexity index is 704. The molecule has 2 aromatic rings. The number of para-hydroxylation sites is 1. The molecule has 23 heavy (non-hydrogen) atoms. The monoisotopic (exact) mass is 328 g/mol. The number of likely N-dealkylation sites (tertiary alicyclic amines) is 1. The Morgan fingerprint density at radius 1 is 1.17 bits per heavy atom. The summed E-state index contributed by atoms with van der Waals surface area (Å²) in [5, 5.41) is 4.91. The average Bonchev–Trinajstić information content (AvgIpc) is 3.20. The summed E-state index contributed by atoms with van der Waals surface area (Å²) in [5.41, 5.74) is 2.92. The van der Waals surface area contributed by atoms with E-state index in [-0.39, 0.29) is 17.9 Å². The molecule has 1 atom stereocenters. The van der Waals surface area contributed by atoms with Gasteiger partial charge in [-0.25, -0.2) is 0 Å². The fraction of sp³-hybridized carbons (Fsp3) is 0.333. The van der Waals surface area contributed by atoms with Gasteiger partial charge in [0.05, 0.1) is 4.88 Å². The Kier molecular flexibility index (Phi) is 4.48. The highest BCUT2D eigenvalue weighted by Gasteiger charge is 2.35. The minimum Gasteiger partial charge on any atom is -0.326 e. The molecule has 0 bridgehead atoms. The number of carbonyl (C=O) groups excluding carboxylic acids is 2. The fourth-order valence-corrected chi connectivity index (χ4v) is 3.72. The van der Waals surface area contributed by atoms with Crippen LogP contribution in [0, 0.1) is 13.8 Å². The average molecular weight is 328 g/mol. The van der Waals surface area contributed by atoms with E-state index < -0.39 is 0 Å². The smallest absolute Gasteiger partial charge is 0.264 e. The van der Waals surface area contributed by atoms with Gasteiger partial charge in [0, 0.05) is 12.2 Å². The highest BCUT2D eigenvalue weighted by Crippen LogP contribution is 2.25. The minimum atomic E-state index is -0.386. The standard InChI is InChI=1S/C18H20N2O2S/c1-12-6-3-7-13(2)16(12)19-17(21)14-8-4-10-20(14)18(22)15-9-5-11-23-15/h3,5-7,9,11,14H,4,8,10H2,1-2H3,(H,19,21)/t14-/m0/s1. The van der Waals surface area contributed by atoms with Crippen molar-refractivity contribution in [3.8, 4) is 0 Å². The first-order valence-electron chi connectivity index (χ1n) is 7.79. The summed E-state index contributed by atoms with van der Waals surface area (Å²) in [7, 11) is 0. The molecule has 2 amide bonds. The molecule has 1 fully saturated rings. The molecule has 0 radical (unpaired) electrons. The van der Waals surface area contributed by atoms with Gasteiger partial charge in [-0.1, -0.05) is 24.3 Å². The van der Waals surface area contributed by atoms with Crippen LogP contribution in [0.3, 0.4) is 0 Å². The number of hydrogen-bond acceptors (Lipinski definition) is 3. The van der Waals surface area contributed by atoms with Gasteiger partial charge in [-0.05, 0) is 49.3 Å². The molecule has 5 heteroatoms. The van der Waals surface area contributed by atoms with E-state index in [2.05, 4.69) is 5.32 Å². The number of benzene rings is 1. The van der Waals surface area contributed by atoms with Gasteiger partial charge in [0.1, 0.15) is 6.04 Å². The predicted octanol–water partition coefficient (Wildman–Crippen LogP) is 3.61. The first-order valence-corrected chi connectivity index (χ1v) is 8.67. The quantitative estimate of drug-likeness (QED) is 0.936. The molecular weight excluding hydrogens is 308 g/mol. The molecule has 1 aliphatic heterocycles. The van der Waals surface area contributed by atoms with E-state index in [1.54, 1.807) is 4.90 Å². The van der Waals surface area contributed by atoms with E-state index in [1.807, 2.05) is 49.6 Å². The molecule has 1 aliphatic rings. The van der Waals surface area contributed by atoms with Gasteiger partial charge in [0.2, 0.25) is 5.91 Å². The van der Waals surface area contributed by atoms with Crippen LogP contribution in [-0.4, -0.2) is 29.3 Å². The van der Waals surface area contributed by atoms with Crippen LogP contribution in [0.2, 0.25) is 0 Å². The molecule has 0 unspecified atom stereocenters. The first-order chi connectivity index (χ1) is 11.1. The summed E-state index contributed by atoms with van der Waals surface area (Å²) in [4.78, 5) is 27.7. The molecule has 0 saturated carbocycles. The number of hydrogen-bond donors (Lipinski definition) is 1. The normalized spacial score (nSPS) is 17.3. The number of anilines is 1. The van der Waals surface area contributed by atoms with Crippen molar-refractivity contribution in [3.05, 3.63) is 51.7 Å². The number of aryl methyl sites for hydroxylation is 2. The van der Waals surface area contributed by atoms with E-state index in [0.717, 1.165) is 23.2 Å².